The molecular formula is C15H13F2I. The number of aryl methyl sites for hydroxylation is 1. The molecule has 0 unspecified atom stereocenters. The fraction of sp³-hybridized carbons (Fsp3) is 0.0667. The molecular weight excluding hydrogens is 345 g/mol. The number of halogens is 3. The quantitative estimate of drug-likeness (QED) is 0.634. The fourth-order valence-corrected chi connectivity index (χ4v) is 3.71. The summed E-state index contributed by atoms with van der Waals surface area (Å²) in [7, 11) is 0. The molecule has 0 heterocycles. The zero-order valence-electron chi connectivity index (χ0n) is 9.91. The van der Waals surface area contributed by atoms with Gasteiger partial charge in [0.15, 0.2) is 0 Å². The first-order valence-corrected chi connectivity index (χ1v) is 8.65. The number of hydrogen-bond acceptors (Lipinski definition) is 0. The van der Waals surface area contributed by atoms with E-state index in [0.717, 1.165) is 9.65 Å². The van der Waals surface area contributed by atoms with Gasteiger partial charge in [-0.15, -0.1) is 0 Å². The average molecular weight is 358 g/mol. The van der Waals surface area contributed by atoms with Crippen molar-refractivity contribution in [2.75, 3.05) is 0 Å². The molecule has 0 N–H and O–H groups in total. The molecule has 0 fully saturated rings. The van der Waals surface area contributed by atoms with Crippen LogP contribution in [0.5, 0.6) is 0 Å². The molecule has 2 aromatic rings. The normalized spacial score (nSPS) is 12.4. The van der Waals surface area contributed by atoms with Gasteiger partial charge in [-0.1, -0.05) is 0 Å². The first-order valence-electron chi connectivity index (χ1n) is 5.51. The van der Waals surface area contributed by atoms with Crippen LogP contribution in [0.4, 0.5) is 7.25 Å². The number of benzene rings is 2. The summed E-state index contributed by atoms with van der Waals surface area (Å²) in [4.78, 5) is 0. The van der Waals surface area contributed by atoms with Crippen LogP contribution in [-0.4, -0.2) is 0 Å². The molecule has 0 amide bonds. The van der Waals surface area contributed by atoms with E-state index >= 15 is 0 Å². The molecule has 0 nitrogen and oxygen atoms in total. The van der Waals surface area contributed by atoms with E-state index in [1.54, 1.807) is 36.4 Å². The van der Waals surface area contributed by atoms with E-state index in [9.17, 15) is 7.25 Å². The summed E-state index contributed by atoms with van der Waals surface area (Å²) in [5, 5.41) is 0. The fourth-order valence-electron chi connectivity index (χ4n) is 1.46. The van der Waals surface area contributed by atoms with Crippen LogP contribution in [0, 0.1) is 10.5 Å². The molecule has 0 aliphatic carbocycles. The van der Waals surface area contributed by atoms with Crippen LogP contribution in [-0.2, 0) is 0 Å². The van der Waals surface area contributed by atoms with Crippen molar-refractivity contribution in [2.45, 2.75) is 6.92 Å². The van der Waals surface area contributed by atoms with Crippen LogP contribution in [0.1, 0.15) is 11.1 Å². The predicted molar refractivity (Wildman–Crippen MR) is 80.5 cm³/mol. The predicted octanol–water partition coefficient (Wildman–Crippen LogP) is 5.52. The minimum absolute atomic E-state index is 0.435. The zero-order valence-corrected chi connectivity index (χ0v) is 12.1. The topological polar surface area (TPSA) is 0 Å². The van der Waals surface area contributed by atoms with Crippen molar-refractivity contribution in [3.8, 4) is 0 Å². The van der Waals surface area contributed by atoms with Gasteiger partial charge >= 0.3 is 114 Å². The second-order valence-corrected chi connectivity index (χ2v) is 7.25. The molecule has 0 atom stereocenters. The summed E-state index contributed by atoms with van der Waals surface area (Å²) in [6.45, 7) is 1.95. The second-order valence-electron chi connectivity index (χ2n) is 3.88. The Kier molecular flexibility index (Phi) is 4.47. The molecule has 18 heavy (non-hydrogen) atoms. The first-order chi connectivity index (χ1) is 8.66. The SMILES string of the molecule is Cc1ccc(I(F)/C=C(/F)c2ccccc2)cc1. The minimum atomic E-state index is -3.03. The van der Waals surface area contributed by atoms with Crippen LogP contribution >= 0.6 is 20.4 Å². The average Bonchev–Trinajstić information content (AvgIpc) is 2.40. The van der Waals surface area contributed by atoms with Gasteiger partial charge in [0.25, 0.3) is 0 Å². The molecule has 0 aliphatic heterocycles. The Morgan fingerprint density at radius 2 is 1.61 bits per heavy atom. The van der Waals surface area contributed by atoms with E-state index < -0.39 is 26.2 Å². The summed E-state index contributed by atoms with van der Waals surface area (Å²) < 4.78 is 29.6. The van der Waals surface area contributed by atoms with Crippen LogP contribution in [0.3, 0.4) is 0 Å². The molecule has 2 aromatic carbocycles. The van der Waals surface area contributed by atoms with Gasteiger partial charge < -0.3 is 0 Å². The monoisotopic (exact) mass is 358 g/mol. The Hall–Kier alpha value is -1.23. The second kappa shape index (κ2) is 6.09. The summed E-state index contributed by atoms with van der Waals surface area (Å²) in [5.41, 5.74) is 1.51. The van der Waals surface area contributed by atoms with Gasteiger partial charge in [-0.25, -0.2) is 0 Å². The zero-order chi connectivity index (χ0) is 13.0. The van der Waals surface area contributed by atoms with Crippen LogP contribution in [0.2, 0.25) is 0 Å². The Balaban J connectivity index is 2.20. The third-order valence-electron chi connectivity index (χ3n) is 2.46. The molecule has 3 heteroatoms. The van der Waals surface area contributed by atoms with Crippen molar-refractivity contribution in [1.82, 2.24) is 0 Å². The first kappa shape index (κ1) is 13.2. The Morgan fingerprint density at radius 3 is 2.22 bits per heavy atom. The van der Waals surface area contributed by atoms with E-state index in [2.05, 4.69) is 0 Å². The van der Waals surface area contributed by atoms with Crippen molar-refractivity contribution in [3.63, 3.8) is 0 Å². The Morgan fingerprint density at radius 1 is 1.00 bits per heavy atom. The van der Waals surface area contributed by atoms with Crippen LogP contribution in [0.15, 0.2) is 58.7 Å². The Labute approximate surface area is 114 Å². The molecule has 0 saturated heterocycles. The van der Waals surface area contributed by atoms with Crippen molar-refractivity contribution < 1.29 is 7.25 Å². The molecule has 0 aliphatic rings. The maximum atomic E-state index is 14.0. The van der Waals surface area contributed by atoms with Crippen molar-refractivity contribution >= 4 is 26.2 Å². The Bertz CT molecular complexity index is 532. The summed E-state index contributed by atoms with van der Waals surface area (Å²) in [5.74, 6) is -0.469. The van der Waals surface area contributed by atoms with Crippen molar-refractivity contribution in [3.05, 3.63) is 73.4 Å². The van der Waals surface area contributed by atoms with E-state index in [4.69, 9.17) is 0 Å². The van der Waals surface area contributed by atoms with E-state index in [1.165, 1.54) is 0 Å². The van der Waals surface area contributed by atoms with Gasteiger partial charge in [0.2, 0.25) is 0 Å². The maximum absolute atomic E-state index is 14.0. The van der Waals surface area contributed by atoms with Crippen molar-refractivity contribution in [2.24, 2.45) is 0 Å². The summed E-state index contributed by atoms with van der Waals surface area (Å²) in [6.07, 6.45) is 0. The van der Waals surface area contributed by atoms with Gasteiger partial charge in [-0.3, -0.25) is 0 Å². The molecule has 0 saturated carbocycles. The van der Waals surface area contributed by atoms with Gasteiger partial charge in [0.1, 0.15) is 0 Å². The molecule has 0 spiro atoms. The molecule has 2 rings (SSSR count). The van der Waals surface area contributed by atoms with E-state index in [1.807, 2.05) is 25.1 Å². The summed E-state index contributed by atoms with van der Waals surface area (Å²) in [6, 6.07) is 15.8. The molecule has 0 aromatic heterocycles. The van der Waals surface area contributed by atoms with Gasteiger partial charge in [-0.05, 0) is 0 Å². The molecule has 0 bridgehead atoms. The summed E-state index contributed by atoms with van der Waals surface area (Å²) >= 11 is -3.03. The van der Waals surface area contributed by atoms with Gasteiger partial charge in [0.05, 0.1) is 0 Å². The number of rotatable bonds is 3. The molecule has 94 valence electrons. The third-order valence-corrected chi connectivity index (χ3v) is 5.46. The van der Waals surface area contributed by atoms with E-state index in [-0.39, 0.29) is 0 Å². The molecule has 0 radical (unpaired) electrons. The van der Waals surface area contributed by atoms with Crippen LogP contribution in [0.25, 0.3) is 5.83 Å². The third kappa shape index (κ3) is 3.38. The van der Waals surface area contributed by atoms with Crippen molar-refractivity contribution in [1.29, 1.82) is 0 Å². The number of hydrogen-bond donors (Lipinski definition) is 0. The van der Waals surface area contributed by atoms with E-state index in [0.29, 0.717) is 9.13 Å². The van der Waals surface area contributed by atoms with Gasteiger partial charge in [-0.2, -0.15) is 0 Å². The standard InChI is InChI=1S/C15H13F2I/c1-12-7-9-14(10-8-12)18(17)11-15(16)13-5-3-2-4-6-13/h2-11H,1H3/b15-11+. The van der Waals surface area contributed by atoms with Gasteiger partial charge in [0, 0.05) is 0 Å². The van der Waals surface area contributed by atoms with Crippen LogP contribution < -0.4 is 0 Å².